The Kier molecular flexibility index (Phi) is 4.72. The normalized spacial score (nSPS) is 31.6. The van der Waals surface area contributed by atoms with Gasteiger partial charge >= 0.3 is 19.0 Å². The van der Waals surface area contributed by atoms with Crippen molar-refractivity contribution in [3.8, 4) is 0 Å². The van der Waals surface area contributed by atoms with Crippen molar-refractivity contribution in [1.29, 1.82) is 0 Å². The van der Waals surface area contributed by atoms with Gasteiger partial charge in [0.1, 0.15) is 5.58 Å². The van der Waals surface area contributed by atoms with E-state index in [1.165, 1.54) is 7.11 Å². The van der Waals surface area contributed by atoms with Crippen molar-refractivity contribution in [3.63, 3.8) is 0 Å². The van der Waals surface area contributed by atoms with Gasteiger partial charge in [-0.05, 0) is 55.1 Å². The molecule has 1 aromatic heterocycles. The van der Waals surface area contributed by atoms with Crippen molar-refractivity contribution in [3.05, 3.63) is 36.1 Å². The molecule has 0 radical (unpaired) electrons. The average Bonchev–Trinajstić information content (AvgIpc) is 3.32. The van der Waals surface area contributed by atoms with Crippen LogP contribution in [0.2, 0.25) is 0 Å². The van der Waals surface area contributed by atoms with Crippen LogP contribution in [0.1, 0.15) is 39.2 Å². The number of amides is 1. The van der Waals surface area contributed by atoms with Gasteiger partial charge in [0.15, 0.2) is 0 Å². The quantitative estimate of drug-likeness (QED) is 0.461. The van der Waals surface area contributed by atoms with Gasteiger partial charge in [0.2, 0.25) is 0 Å². The number of esters is 1. The summed E-state index contributed by atoms with van der Waals surface area (Å²) in [6.07, 6.45) is 4.16. The molecule has 1 amide bonds. The second-order valence-corrected chi connectivity index (χ2v) is 9.87. The van der Waals surface area contributed by atoms with E-state index in [4.69, 9.17) is 13.7 Å². The summed E-state index contributed by atoms with van der Waals surface area (Å²) < 4.78 is 23.2. The van der Waals surface area contributed by atoms with Gasteiger partial charge in [-0.25, -0.2) is 4.79 Å². The summed E-state index contributed by atoms with van der Waals surface area (Å²) in [6, 6.07) is 7.72. The molecule has 4 aliphatic rings. The van der Waals surface area contributed by atoms with Crippen LogP contribution in [-0.4, -0.2) is 43.8 Å². The Morgan fingerprint density at radius 1 is 1.26 bits per heavy atom. The van der Waals surface area contributed by atoms with Crippen LogP contribution < -0.4 is 5.32 Å². The smallest absolute Gasteiger partial charge is 0.464 e. The molecule has 1 N–H and O–H groups in total. The van der Waals surface area contributed by atoms with E-state index in [1.807, 2.05) is 24.3 Å². The van der Waals surface area contributed by atoms with E-state index >= 15 is 0 Å². The molecule has 1 saturated heterocycles. The molecule has 2 aromatic rings. The summed E-state index contributed by atoms with van der Waals surface area (Å²) in [6.45, 7) is 6.74. The molecule has 8 heteroatoms. The number of hydrogen-bond acceptors (Lipinski definition) is 6. The molecular weight excluding hydrogens is 397 g/mol. The third kappa shape index (κ3) is 3.11. The monoisotopic (exact) mass is 425 g/mol. The number of rotatable bonds is 4. The van der Waals surface area contributed by atoms with E-state index < -0.39 is 30.5 Å². The highest BCUT2D eigenvalue weighted by Gasteiger charge is 2.68. The predicted molar refractivity (Wildman–Crippen MR) is 114 cm³/mol. The van der Waals surface area contributed by atoms with E-state index in [1.54, 1.807) is 6.26 Å². The molecule has 1 aliphatic heterocycles. The number of carbonyl (C=O) groups is 2. The zero-order valence-electron chi connectivity index (χ0n) is 18.3. The van der Waals surface area contributed by atoms with Crippen LogP contribution in [0.5, 0.6) is 0 Å². The molecule has 7 nitrogen and oxygen atoms in total. The fourth-order valence-electron chi connectivity index (χ4n) is 6.03. The van der Waals surface area contributed by atoms with Gasteiger partial charge in [-0.2, -0.15) is 0 Å². The fraction of sp³-hybridized carbons (Fsp3) is 0.565. The Hall–Kier alpha value is -2.32. The van der Waals surface area contributed by atoms with Crippen molar-refractivity contribution in [2.45, 2.75) is 57.7 Å². The Balaban J connectivity index is 1.42. The summed E-state index contributed by atoms with van der Waals surface area (Å²) >= 11 is 0. The molecule has 164 valence electrons. The summed E-state index contributed by atoms with van der Waals surface area (Å²) in [5, 5.41) is 3.75. The summed E-state index contributed by atoms with van der Waals surface area (Å²) in [5.41, 5.74) is 1.50. The minimum absolute atomic E-state index is 0.0205. The van der Waals surface area contributed by atoms with Crippen molar-refractivity contribution in [2.75, 3.05) is 7.11 Å². The number of methoxy groups -OCH3 is 1. The van der Waals surface area contributed by atoms with Gasteiger partial charge in [0.25, 0.3) is 0 Å². The minimum atomic E-state index is -0.938. The number of hydrogen-bond donors (Lipinski definition) is 1. The lowest BCUT2D eigenvalue weighted by Crippen LogP contribution is -2.65. The molecule has 3 aliphatic carbocycles. The van der Waals surface area contributed by atoms with Gasteiger partial charge in [-0.1, -0.05) is 32.0 Å². The van der Waals surface area contributed by atoms with Crippen LogP contribution >= 0.6 is 0 Å². The topological polar surface area (TPSA) is 87.0 Å². The lowest BCUT2D eigenvalue weighted by Gasteiger charge is -2.64. The first kappa shape index (κ1) is 20.6. The van der Waals surface area contributed by atoms with E-state index in [0.717, 1.165) is 29.4 Å². The minimum Gasteiger partial charge on any atom is -0.464 e. The van der Waals surface area contributed by atoms with Crippen LogP contribution in [0, 0.1) is 17.3 Å². The van der Waals surface area contributed by atoms with Gasteiger partial charge in [0.05, 0.1) is 31.0 Å². The number of nitrogens with one attached hydrogen (secondary N) is 1. The molecule has 5 atom stereocenters. The standard InChI is InChI=1S/C23H28BNO6/c1-22(2)14-10-17(22)23(3)18(11-14)30-24(31-23)19(25-20(26)21(27)28-4)9-13-12-29-16-8-6-5-7-15(13)16/h5-8,12,14,17-19H,9-11H2,1-4H3,(H,25,26)/t14?,17-,18+,19-,23-/m0/s1. The molecule has 2 bridgehead atoms. The van der Waals surface area contributed by atoms with Crippen molar-refractivity contribution >= 4 is 30.0 Å². The van der Waals surface area contributed by atoms with E-state index in [0.29, 0.717) is 18.3 Å². The third-order valence-electron chi connectivity index (χ3n) is 7.99. The molecule has 1 unspecified atom stereocenters. The van der Waals surface area contributed by atoms with E-state index in [-0.39, 0.29) is 11.5 Å². The molecule has 6 rings (SSSR count). The number of para-hydroxylation sites is 1. The highest BCUT2D eigenvalue weighted by Crippen LogP contribution is 2.65. The Morgan fingerprint density at radius 3 is 2.77 bits per heavy atom. The lowest BCUT2D eigenvalue weighted by atomic mass is 9.43. The van der Waals surface area contributed by atoms with Crippen LogP contribution in [0.15, 0.2) is 34.9 Å². The highest BCUT2D eigenvalue weighted by molar-refractivity contribution is 6.49. The number of carbonyl (C=O) groups excluding carboxylic acids is 2. The fourth-order valence-corrected chi connectivity index (χ4v) is 6.03. The largest absolute Gasteiger partial charge is 0.482 e. The Labute approximate surface area is 181 Å². The SMILES string of the molecule is COC(=O)C(=O)N[C@@H](Cc1coc2ccccc12)B1O[C@@H]2CC3C[C@@H](C3(C)C)[C@]2(C)O1. The summed E-state index contributed by atoms with van der Waals surface area (Å²) in [7, 11) is 0.529. The first-order valence-corrected chi connectivity index (χ1v) is 10.9. The summed E-state index contributed by atoms with van der Waals surface area (Å²) in [5.74, 6) is -1.28. The zero-order chi connectivity index (χ0) is 22.0. The maximum Gasteiger partial charge on any atom is 0.482 e. The van der Waals surface area contributed by atoms with Crippen molar-refractivity contribution in [2.24, 2.45) is 17.3 Å². The summed E-state index contributed by atoms with van der Waals surface area (Å²) in [4.78, 5) is 24.2. The maximum absolute atomic E-state index is 12.4. The van der Waals surface area contributed by atoms with E-state index in [9.17, 15) is 9.59 Å². The molecular formula is C23H28BNO6. The average molecular weight is 425 g/mol. The van der Waals surface area contributed by atoms with Gasteiger partial charge in [0, 0.05) is 5.39 Å². The Bertz CT molecular complexity index is 1030. The van der Waals surface area contributed by atoms with Crippen LogP contribution in [0.25, 0.3) is 11.0 Å². The van der Waals surface area contributed by atoms with Crippen molar-refractivity contribution < 1.29 is 28.1 Å². The zero-order valence-corrected chi connectivity index (χ0v) is 18.3. The van der Waals surface area contributed by atoms with Gasteiger partial charge < -0.3 is 23.8 Å². The number of ether oxygens (including phenoxy) is 1. The van der Waals surface area contributed by atoms with Gasteiger partial charge in [-0.3, -0.25) is 4.79 Å². The second kappa shape index (κ2) is 7.10. The third-order valence-corrected chi connectivity index (χ3v) is 7.99. The van der Waals surface area contributed by atoms with Crippen molar-refractivity contribution in [1.82, 2.24) is 5.32 Å². The first-order chi connectivity index (χ1) is 14.7. The second-order valence-electron chi connectivity index (χ2n) is 9.87. The molecule has 1 aromatic carbocycles. The van der Waals surface area contributed by atoms with Gasteiger partial charge in [-0.15, -0.1) is 0 Å². The maximum atomic E-state index is 12.4. The molecule has 3 saturated carbocycles. The van der Waals surface area contributed by atoms with Crippen LogP contribution in [0.4, 0.5) is 0 Å². The molecule has 0 spiro atoms. The Morgan fingerprint density at radius 2 is 2.03 bits per heavy atom. The van der Waals surface area contributed by atoms with E-state index in [2.05, 4.69) is 30.8 Å². The molecule has 4 fully saturated rings. The molecule has 31 heavy (non-hydrogen) atoms. The number of furan rings is 1. The molecule has 2 heterocycles. The highest BCUT2D eigenvalue weighted by atomic mass is 16.7. The van der Waals surface area contributed by atoms with Crippen LogP contribution in [-0.2, 0) is 30.1 Å². The predicted octanol–water partition coefficient (Wildman–Crippen LogP) is 2.90. The number of benzene rings is 1. The number of fused-ring (bicyclic) bond motifs is 1. The first-order valence-electron chi connectivity index (χ1n) is 10.9. The lowest BCUT2D eigenvalue weighted by molar-refractivity contribution is -0.199. The van der Waals surface area contributed by atoms with Crippen LogP contribution in [0.3, 0.4) is 0 Å².